The summed E-state index contributed by atoms with van der Waals surface area (Å²) < 4.78 is 33.9. The van der Waals surface area contributed by atoms with E-state index in [1.165, 1.54) is 4.31 Å². The molecule has 1 aromatic heterocycles. The van der Waals surface area contributed by atoms with Gasteiger partial charge in [-0.25, -0.2) is 8.42 Å². The van der Waals surface area contributed by atoms with E-state index in [9.17, 15) is 13.2 Å². The van der Waals surface area contributed by atoms with Gasteiger partial charge in [0, 0.05) is 34.0 Å². The molecule has 1 aliphatic rings. The van der Waals surface area contributed by atoms with Crippen LogP contribution in [0.1, 0.15) is 6.92 Å². The quantitative estimate of drug-likeness (QED) is 0.511. The van der Waals surface area contributed by atoms with E-state index in [4.69, 9.17) is 4.74 Å². The lowest BCUT2D eigenvalue weighted by atomic mass is 10.1. The maximum atomic E-state index is 13.0. The van der Waals surface area contributed by atoms with Gasteiger partial charge in [0.05, 0.1) is 18.5 Å². The molecular weight excluding hydrogens is 426 g/mol. The van der Waals surface area contributed by atoms with Crippen molar-refractivity contribution in [3.8, 4) is 5.75 Å². The Kier molecular flexibility index (Phi) is 4.82. The van der Waals surface area contributed by atoms with E-state index in [1.54, 1.807) is 24.3 Å². The number of ether oxygens (including phenoxy) is 1. The van der Waals surface area contributed by atoms with Gasteiger partial charge < -0.3 is 14.6 Å². The molecule has 0 aliphatic carbocycles. The average Bonchev–Trinajstić information content (AvgIpc) is 3.10. The van der Waals surface area contributed by atoms with Gasteiger partial charge in [0.25, 0.3) is 5.91 Å². The number of para-hydroxylation sites is 3. The van der Waals surface area contributed by atoms with E-state index in [1.807, 2.05) is 30.3 Å². The summed E-state index contributed by atoms with van der Waals surface area (Å²) in [5.74, 6) is -0.0301. The van der Waals surface area contributed by atoms with Gasteiger partial charge in [0.1, 0.15) is 5.75 Å². The topological polar surface area (TPSA) is 80.6 Å². The minimum Gasteiger partial charge on any atom is -0.476 e. The lowest BCUT2D eigenvalue weighted by Gasteiger charge is -2.33. The van der Waals surface area contributed by atoms with Crippen molar-refractivity contribution < 1.29 is 17.9 Å². The maximum Gasteiger partial charge on any atom is 0.267 e. The van der Waals surface area contributed by atoms with Gasteiger partial charge in [0.2, 0.25) is 10.0 Å². The van der Waals surface area contributed by atoms with Crippen molar-refractivity contribution in [3.63, 3.8) is 0 Å². The van der Waals surface area contributed by atoms with Crippen LogP contribution in [0.15, 0.2) is 66.7 Å². The highest BCUT2D eigenvalue weighted by atomic mass is 32.2. The van der Waals surface area contributed by atoms with Gasteiger partial charge in [-0.1, -0.05) is 30.3 Å². The van der Waals surface area contributed by atoms with Gasteiger partial charge >= 0.3 is 0 Å². The molecule has 1 N–H and O–H groups in total. The van der Waals surface area contributed by atoms with Gasteiger partial charge in [-0.2, -0.15) is 0 Å². The normalized spacial score (nSPS) is 16.1. The Morgan fingerprint density at radius 3 is 2.53 bits per heavy atom. The van der Waals surface area contributed by atoms with Crippen molar-refractivity contribution in [3.05, 3.63) is 66.7 Å². The van der Waals surface area contributed by atoms with Crippen molar-refractivity contribution >= 4 is 49.1 Å². The standard InChI is InChI=1S/C24H23N3O4S/c1-3-26-19-9-5-4-8-17(19)18-14-16(12-13-20(18)26)25-24(28)23-15-27(32(2,29)30)21-10-6-7-11-22(21)31-23/h4-14,23H,3,15H2,1-2H3,(H,25,28). The summed E-state index contributed by atoms with van der Waals surface area (Å²) in [6.07, 6.45) is 0.161. The largest absolute Gasteiger partial charge is 0.476 e. The van der Waals surface area contributed by atoms with Crippen LogP contribution in [0.4, 0.5) is 11.4 Å². The average molecular weight is 450 g/mol. The van der Waals surface area contributed by atoms with Crippen molar-refractivity contribution in [1.82, 2.24) is 4.57 Å². The van der Waals surface area contributed by atoms with Crippen molar-refractivity contribution in [1.29, 1.82) is 0 Å². The van der Waals surface area contributed by atoms with Crippen LogP contribution in [-0.2, 0) is 21.4 Å². The lowest BCUT2D eigenvalue weighted by molar-refractivity contribution is -0.122. The van der Waals surface area contributed by atoms with Gasteiger partial charge in [-0.3, -0.25) is 9.10 Å². The third-order valence-corrected chi connectivity index (χ3v) is 6.93. The summed E-state index contributed by atoms with van der Waals surface area (Å²) in [7, 11) is -3.56. The molecule has 0 bridgehead atoms. The molecule has 1 amide bonds. The molecule has 1 unspecified atom stereocenters. The highest BCUT2D eigenvalue weighted by Crippen LogP contribution is 2.35. The van der Waals surface area contributed by atoms with Crippen LogP contribution >= 0.6 is 0 Å². The highest BCUT2D eigenvalue weighted by Gasteiger charge is 2.34. The third kappa shape index (κ3) is 3.36. The summed E-state index contributed by atoms with van der Waals surface area (Å²) in [4.78, 5) is 13.0. The number of anilines is 2. The van der Waals surface area contributed by atoms with E-state index in [2.05, 4.69) is 28.9 Å². The monoisotopic (exact) mass is 449 g/mol. The molecule has 0 saturated carbocycles. The molecule has 1 aliphatic heterocycles. The Hall–Kier alpha value is -3.52. The fourth-order valence-electron chi connectivity index (χ4n) is 4.35. The van der Waals surface area contributed by atoms with Crippen LogP contribution in [0.5, 0.6) is 5.75 Å². The van der Waals surface area contributed by atoms with Crippen LogP contribution in [0.2, 0.25) is 0 Å². The number of aromatic nitrogens is 1. The number of hydrogen-bond donors (Lipinski definition) is 1. The van der Waals surface area contributed by atoms with E-state index >= 15 is 0 Å². The first-order chi connectivity index (χ1) is 15.4. The molecule has 0 spiro atoms. The van der Waals surface area contributed by atoms with Gasteiger partial charge in [-0.15, -0.1) is 0 Å². The smallest absolute Gasteiger partial charge is 0.267 e. The van der Waals surface area contributed by atoms with Crippen molar-refractivity contribution in [2.75, 3.05) is 22.4 Å². The number of amides is 1. The molecule has 32 heavy (non-hydrogen) atoms. The van der Waals surface area contributed by atoms with Crippen LogP contribution in [0, 0.1) is 0 Å². The number of carbonyl (C=O) groups is 1. The molecular formula is C24H23N3O4S. The molecule has 2 heterocycles. The van der Waals surface area contributed by atoms with E-state index in [0.717, 1.165) is 34.6 Å². The molecule has 8 heteroatoms. The number of aryl methyl sites for hydroxylation is 1. The molecule has 3 aromatic carbocycles. The minimum absolute atomic E-state index is 0.0843. The Morgan fingerprint density at radius 2 is 1.75 bits per heavy atom. The first-order valence-electron chi connectivity index (χ1n) is 10.4. The number of nitrogens with one attached hydrogen (secondary N) is 1. The van der Waals surface area contributed by atoms with Crippen LogP contribution in [0.25, 0.3) is 21.8 Å². The number of rotatable bonds is 4. The molecule has 1 atom stereocenters. The summed E-state index contributed by atoms with van der Waals surface area (Å²) in [6, 6.07) is 20.8. The molecule has 4 aromatic rings. The number of fused-ring (bicyclic) bond motifs is 4. The molecule has 0 radical (unpaired) electrons. The predicted molar refractivity (Wildman–Crippen MR) is 127 cm³/mol. The fourth-order valence-corrected chi connectivity index (χ4v) is 5.26. The Morgan fingerprint density at radius 1 is 1.03 bits per heavy atom. The first kappa shape index (κ1) is 20.4. The second-order valence-corrected chi connectivity index (χ2v) is 9.76. The number of sulfonamides is 1. The lowest BCUT2D eigenvalue weighted by Crippen LogP contribution is -2.48. The number of nitrogens with zero attached hydrogens (tertiary/aromatic N) is 2. The minimum atomic E-state index is -3.56. The third-order valence-electron chi connectivity index (χ3n) is 5.78. The Bertz CT molecular complexity index is 1460. The van der Waals surface area contributed by atoms with E-state index in [0.29, 0.717) is 17.1 Å². The zero-order chi connectivity index (χ0) is 22.5. The second-order valence-electron chi connectivity index (χ2n) is 7.85. The summed E-state index contributed by atoms with van der Waals surface area (Å²) >= 11 is 0. The number of carbonyl (C=O) groups excluding carboxylic acids is 1. The molecule has 7 nitrogen and oxygen atoms in total. The van der Waals surface area contributed by atoms with E-state index < -0.39 is 22.0 Å². The first-order valence-corrected chi connectivity index (χ1v) is 12.3. The van der Waals surface area contributed by atoms with Crippen LogP contribution in [0.3, 0.4) is 0 Å². The predicted octanol–water partition coefficient (Wildman–Crippen LogP) is 3.98. The second kappa shape index (κ2) is 7.56. The Balaban J connectivity index is 1.47. The van der Waals surface area contributed by atoms with Crippen LogP contribution in [-0.4, -0.2) is 37.8 Å². The molecule has 0 fully saturated rings. The zero-order valence-corrected chi connectivity index (χ0v) is 18.6. The zero-order valence-electron chi connectivity index (χ0n) is 17.8. The maximum absolute atomic E-state index is 13.0. The Labute approximate surface area is 186 Å². The summed E-state index contributed by atoms with van der Waals surface area (Å²) in [5, 5.41) is 5.07. The SMILES string of the molecule is CCn1c2ccccc2c2cc(NC(=O)C3CN(S(C)(=O)=O)c4ccccc4O3)ccc21. The van der Waals surface area contributed by atoms with Gasteiger partial charge in [-0.05, 0) is 43.3 Å². The van der Waals surface area contributed by atoms with Crippen molar-refractivity contribution in [2.24, 2.45) is 0 Å². The van der Waals surface area contributed by atoms with Crippen LogP contribution < -0.4 is 14.4 Å². The number of benzene rings is 3. The number of hydrogen-bond acceptors (Lipinski definition) is 4. The van der Waals surface area contributed by atoms with Crippen molar-refractivity contribution in [2.45, 2.75) is 19.6 Å². The van der Waals surface area contributed by atoms with E-state index in [-0.39, 0.29) is 6.54 Å². The molecule has 0 saturated heterocycles. The molecule has 164 valence electrons. The molecule has 5 rings (SSSR count). The van der Waals surface area contributed by atoms with Gasteiger partial charge in [0.15, 0.2) is 6.10 Å². The summed E-state index contributed by atoms with van der Waals surface area (Å²) in [6.45, 7) is 2.86. The summed E-state index contributed by atoms with van der Waals surface area (Å²) in [5.41, 5.74) is 3.31. The highest BCUT2D eigenvalue weighted by molar-refractivity contribution is 7.92. The fraction of sp³-hybridized carbons (Fsp3) is 0.208.